The molecule has 1 saturated heterocycles. The molecule has 2 heterocycles. The number of aromatic nitrogens is 2. The van der Waals surface area contributed by atoms with E-state index in [4.69, 9.17) is 11.6 Å². The molecule has 92 valence electrons. The Bertz CT molecular complexity index is 396. The number of nitrogens with one attached hydrogen (secondary N) is 1. The zero-order valence-electron chi connectivity index (χ0n) is 9.36. The summed E-state index contributed by atoms with van der Waals surface area (Å²) in [4.78, 5) is 19.5. The fraction of sp³-hybridized carbons (Fsp3) is 0.545. The fourth-order valence-electron chi connectivity index (χ4n) is 1.81. The van der Waals surface area contributed by atoms with E-state index < -0.39 is 0 Å². The van der Waals surface area contributed by atoms with E-state index in [1.54, 1.807) is 6.07 Å². The average molecular weight is 272 g/mol. The van der Waals surface area contributed by atoms with E-state index in [2.05, 4.69) is 15.3 Å². The third-order valence-corrected chi connectivity index (χ3v) is 3.97. The molecule has 1 fully saturated rings. The van der Waals surface area contributed by atoms with E-state index in [-0.39, 0.29) is 5.91 Å². The number of anilines is 1. The van der Waals surface area contributed by atoms with Crippen molar-refractivity contribution in [2.24, 2.45) is 5.92 Å². The van der Waals surface area contributed by atoms with Gasteiger partial charge in [0.25, 0.3) is 0 Å². The molecule has 0 bridgehead atoms. The van der Waals surface area contributed by atoms with Gasteiger partial charge in [-0.15, -0.1) is 0 Å². The molecule has 1 aliphatic rings. The monoisotopic (exact) mass is 271 g/mol. The molecule has 1 aromatic rings. The van der Waals surface area contributed by atoms with Crippen LogP contribution in [-0.2, 0) is 4.79 Å². The van der Waals surface area contributed by atoms with Gasteiger partial charge < -0.3 is 5.32 Å². The smallest absolute Gasteiger partial charge is 0.225 e. The first kappa shape index (κ1) is 12.6. The number of rotatable bonds is 3. The molecular formula is C11H14ClN3OS. The highest BCUT2D eigenvalue weighted by Crippen LogP contribution is 2.25. The van der Waals surface area contributed by atoms with Crippen molar-refractivity contribution in [2.45, 2.75) is 19.3 Å². The summed E-state index contributed by atoms with van der Waals surface area (Å²) in [5, 5.41) is 3.09. The molecule has 0 saturated carbocycles. The van der Waals surface area contributed by atoms with Crippen LogP contribution in [0.25, 0.3) is 0 Å². The van der Waals surface area contributed by atoms with Crippen molar-refractivity contribution >= 4 is 35.1 Å². The fourth-order valence-corrected chi connectivity index (χ4v) is 3.16. The molecule has 6 heteroatoms. The lowest BCUT2D eigenvalue weighted by atomic mass is 9.98. The molecule has 17 heavy (non-hydrogen) atoms. The molecule has 0 radical (unpaired) electrons. The first-order chi connectivity index (χ1) is 8.24. The van der Waals surface area contributed by atoms with Crippen LogP contribution in [0.5, 0.6) is 0 Å². The Kier molecular flexibility index (Phi) is 4.62. The van der Waals surface area contributed by atoms with Gasteiger partial charge in [-0.25, -0.2) is 9.97 Å². The molecule has 2 rings (SSSR count). The maximum Gasteiger partial charge on any atom is 0.225 e. The van der Waals surface area contributed by atoms with Gasteiger partial charge in [-0.1, -0.05) is 11.6 Å². The summed E-state index contributed by atoms with van der Waals surface area (Å²) in [5.74, 6) is 3.32. The summed E-state index contributed by atoms with van der Waals surface area (Å²) in [6.07, 6.45) is 4.17. The van der Waals surface area contributed by atoms with Crippen LogP contribution in [0.15, 0.2) is 12.4 Å². The van der Waals surface area contributed by atoms with Crippen molar-refractivity contribution in [3.05, 3.63) is 17.5 Å². The molecule has 1 N–H and O–H groups in total. The Balaban J connectivity index is 1.84. The topological polar surface area (TPSA) is 54.9 Å². The Morgan fingerprint density at radius 2 is 2.24 bits per heavy atom. The largest absolute Gasteiger partial charge is 0.311 e. The van der Waals surface area contributed by atoms with Gasteiger partial charge in [0, 0.05) is 12.5 Å². The highest BCUT2D eigenvalue weighted by molar-refractivity contribution is 7.99. The maximum absolute atomic E-state index is 11.8. The second kappa shape index (κ2) is 6.21. The summed E-state index contributed by atoms with van der Waals surface area (Å²) in [6.45, 7) is 0. The van der Waals surface area contributed by atoms with Gasteiger partial charge in [-0.2, -0.15) is 11.8 Å². The molecule has 1 aromatic heterocycles. The average Bonchev–Trinajstić information content (AvgIpc) is 2.30. The normalized spacial score (nSPS) is 16.8. The predicted molar refractivity (Wildman–Crippen MR) is 70.3 cm³/mol. The highest BCUT2D eigenvalue weighted by atomic mass is 35.5. The van der Waals surface area contributed by atoms with Gasteiger partial charge in [0.2, 0.25) is 5.91 Å². The van der Waals surface area contributed by atoms with Crippen molar-refractivity contribution < 1.29 is 4.79 Å². The van der Waals surface area contributed by atoms with Gasteiger partial charge in [0.05, 0.1) is 0 Å². The number of hydrogen-bond acceptors (Lipinski definition) is 4. The van der Waals surface area contributed by atoms with Crippen molar-refractivity contribution in [3.63, 3.8) is 0 Å². The van der Waals surface area contributed by atoms with Crippen LogP contribution < -0.4 is 5.32 Å². The summed E-state index contributed by atoms with van der Waals surface area (Å²) >= 11 is 7.68. The molecule has 1 aliphatic heterocycles. The van der Waals surface area contributed by atoms with Crippen LogP contribution >= 0.6 is 23.4 Å². The summed E-state index contributed by atoms with van der Waals surface area (Å²) in [5.41, 5.74) is 0. The Hall–Kier alpha value is -0.810. The van der Waals surface area contributed by atoms with Gasteiger partial charge >= 0.3 is 0 Å². The first-order valence-electron chi connectivity index (χ1n) is 5.59. The summed E-state index contributed by atoms with van der Waals surface area (Å²) in [7, 11) is 0. The van der Waals surface area contributed by atoms with E-state index in [0.717, 1.165) is 24.3 Å². The third-order valence-electron chi connectivity index (χ3n) is 2.72. The minimum absolute atomic E-state index is 0.0108. The summed E-state index contributed by atoms with van der Waals surface area (Å²) < 4.78 is 0. The van der Waals surface area contributed by atoms with E-state index in [1.807, 2.05) is 11.8 Å². The zero-order chi connectivity index (χ0) is 12.1. The molecule has 0 aliphatic carbocycles. The lowest BCUT2D eigenvalue weighted by Crippen LogP contribution is -2.20. The summed E-state index contributed by atoms with van der Waals surface area (Å²) in [6, 6.07) is 1.55. The van der Waals surface area contributed by atoms with Crippen LogP contribution in [0.4, 0.5) is 5.82 Å². The van der Waals surface area contributed by atoms with Crippen LogP contribution in [0, 0.1) is 5.92 Å². The van der Waals surface area contributed by atoms with E-state index in [9.17, 15) is 4.79 Å². The van der Waals surface area contributed by atoms with E-state index >= 15 is 0 Å². The predicted octanol–water partition coefficient (Wildman–Crippen LogP) is 2.60. The number of carbonyl (C=O) groups excluding carboxylic acids is 1. The van der Waals surface area contributed by atoms with Gasteiger partial charge in [-0.05, 0) is 30.3 Å². The Morgan fingerprint density at radius 1 is 1.47 bits per heavy atom. The molecule has 0 atom stereocenters. The van der Waals surface area contributed by atoms with Crippen molar-refractivity contribution in [3.8, 4) is 0 Å². The Morgan fingerprint density at radius 3 is 2.94 bits per heavy atom. The zero-order valence-corrected chi connectivity index (χ0v) is 10.9. The van der Waals surface area contributed by atoms with Crippen molar-refractivity contribution in [2.75, 3.05) is 16.8 Å². The second-order valence-corrected chi connectivity index (χ2v) is 5.65. The quantitative estimate of drug-likeness (QED) is 0.859. The number of nitrogens with zero attached hydrogens (tertiary/aromatic N) is 2. The number of carbonyl (C=O) groups is 1. The van der Waals surface area contributed by atoms with Crippen molar-refractivity contribution in [1.82, 2.24) is 9.97 Å². The number of hydrogen-bond donors (Lipinski definition) is 1. The minimum Gasteiger partial charge on any atom is -0.311 e. The molecular weight excluding hydrogens is 258 g/mol. The number of amides is 1. The maximum atomic E-state index is 11.8. The minimum atomic E-state index is 0.0108. The SMILES string of the molecule is O=C(CC1CCSCC1)Nc1cc(Cl)ncn1. The molecule has 0 aromatic carbocycles. The molecule has 1 amide bonds. The van der Waals surface area contributed by atoms with Gasteiger partial charge in [0.1, 0.15) is 17.3 Å². The van der Waals surface area contributed by atoms with E-state index in [1.165, 1.54) is 6.33 Å². The lowest BCUT2D eigenvalue weighted by molar-refractivity contribution is -0.117. The van der Waals surface area contributed by atoms with Crippen LogP contribution in [0.1, 0.15) is 19.3 Å². The standard InChI is InChI=1S/C11H14ClN3OS/c12-9-6-10(14-7-13-9)15-11(16)5-8-1-3-17-4-2-8/h6-8H,1-5H2,(H,13,14,15,16). The third kappa shape index (κ3) is 4.16. The molecule has 0 spiro atoms. The molecule has 0 unspecified atom stereocenters. The highest BCUT2D eigenvalue weighted by Gasteiger charge is 2.17. The number of thioether (sulfide) groups is 1. The van der Waals surface area contributed by atoms with Crippen molar-refractivity contribution in [1.29, 1.82) is 0 Å². The van der Waals surface area contributed by atoms with E-state index in [0.29, 0.717) is 23.3 Å². The number of halogens is 1. The lowest BCUT2D eigenvalue weighted by Gasteiger charge is -2.20. The van der Waals surface area contributed by atoms with Crippen LogP contribution in [0.3, 0.4) is 0 Å². The van der Waals surface area contributed by atoms with Crippen LogP contribution in [0.2, 0.25) is 5.15 Å². The second-order valence-electron chi connectivity index (χ2n) is 4.03. The molecule has 4 nitrogen and oxygen atoms in total. The van der Waals surface area contributed by atoms with Gasteiger partial charge in [0.15, 0.2) is 0 Å². The Labute approximate surface area is 110 Å². The van der Waals surface area contributed by atoms with Crippen LogP contribution in [-0.4, -0.2) is 27.4 Å². The first-order valence-corrected chi connectivity index (χ1v) is 7.12. The van der Waals surface area contributed by atoms with Gasteiger partial charge in [-0.3, -0.25) is 4.79 Å².